The molecule has 8 heteroatoms. The van der Waals surface area contributed by atoms with Crippen molar-refractivity contribution in [1.29, 1.82) is 0 Å². The van der Waals surface area contributed by atoms with Gasteiger partial charge in [-0.25, -0.2) is 0 Å². The van der Waals surface area contributed by atoms with Crippen molar-refractivity contribution in [3.63, 3.8) is 0 Å². The molecule has 132 valence electrons. The van der Waals surface area contributed by atoms with Crippen molar-refractivity contribution in [1.82, 2.24) is 10.6 Å². The van der Waals surface area contributed by atoms with Crippen molar-refractivity contribution in [2.75, 3.05) is 6.54 Å². The lowest BCUT2D eigenvalue weighted by Gasteiger charge is -2.09. The summed E-state index contributed by atoms with van der Waals surface area (Å²) in [4.78, 5) is 23.5. The lowest BCUT2D eigenvalue weighted by molar-refractivity contribution is -0.137. The Balaban J connectivity index is 1.80. The zero-order chi connectivity index (χ0) is 18.4. The van der Waals surface area contributed by atoms with E-state index in [1.165, 1.54) is 36.4 Å². The van der Waals surface area contributed by atoms with E-state index in [-0.39, 0.29) is 24.4 Å². The van der Waals surface area contributed by atoms with Crippen LogP contribution in [0.15, 0.2) is 48.5 Å². The average Bonchev–Trinajstić information content (AvgIpc) is 2.57. The van der Waals surface area contributed by atoms with Gasteiger partial charge in [0.2, 0.25) is 5.91 Å². The van der Waals surface area contributed by atoms with Crippen molar-refractivity contribution in [2.45, 2.75) is 12.7 Å². The predicted molar refractivity (Wildman–Crippen MR) is 83.7 cm³/mol. The molecule has 0 atom stereocenters. The standard InChI is InChI=1S/C17H15F3N2O3/c18-17(19,20)13-6-4-11(5-7-13)9-21-15(24)10-22-16(25)12-2-1-3-14(23)8-12/h1-8,23H,9-10H2,(H,21,24)(H,22,25). The third-order valence-electron chi connectivity index (χ3n) is 3.29. The fraction of sp³-hybridized carbons (Fsp3) is 0.176. The van der Waals surface area contributed by atoms with Crippen LogP contribution < -0.4 is 10.6 Å². The smallest absolute Gasteiger partial charge is 0.416 e. The molecule has 0 bridgehead atoms. The molecule has 0 fully saturated rings. The number of nitrogens with one attached hydrogen (secondary N) is 2. The highest BCUT2D eigenvalue weighted by molar-refractivity contribution is 5.96. The summed E-state index contributed by atoms with van der Waals surface area (Å²) in [5, 5.41) is 14.2. The highest BCUT2D eigenvalue weighted by Gasteiger charge is 2.29. The maximum atomic E-state index is 12.4. The Kier molecular flexibility index (Phi) is 5.63. The summed E-state index contributed by atoms with van der Waals surface area (Å²) >= 11 is 0. The minimum atomic E-state index is -4.40. The Morgan fingerprint density at radius 1 is 1.00 bits per heavy atom. The number of rotatable bonds is 5. The van der Waals surface area contributed by atoms with E-state index in [9.17, 15) is 27.9 Å². The minimum Gasteiger partial charge on any atom is -0.508 e. The van der Waals surface area contributed by atoms with Crippen LogP contribution in [0.25, 0.3) is 0 Å². The van der Waals surface area contributed by atoms with Crippen molar-refractivity contribution < 1.29 is 27.9 Å². The monoisotopic (exact) mass is 352 g/mol. The molecule has 5 nitrogen and oxygen atoms in total. The minimum absolute atomic E-state index is 0.0406. The van der Waals surface area contributed by atoms with E-state index in [0.29, 0.717) is 5.56 Å². The summed E-state index contributed by atoms with van der Waals surface area (Å²) in [5.41, 5.74) is -0.0582. The number of carbonyl (C=O) groups is 2. The molecule has 0 heterocycles. The molecule has 3 N–H and O–H groups in total. The molecule has 0 aliphatic heterocycles. The van der Waals surface area contributed by atoms with Gasteiger partial charge in [0.25, 0.3) is 5.91 Å². The first-order chi connectivity index (χ1) is 11.8. The van der Waals surface area contributed by atoms with Gasteiger partial charge in [0.05, 0.1) is 12.1 Å². The zero-order valence-corrected chi connectivity index (χ0v) is 12.9. The van der Waals surface area contributed by atoms with Gasteiger partial charge in [-0.15, -0.1) is 0 Å². The van der Waals surface area contributed by atoms with Gasteiger partial charge in [-0.3, -0.25) is 9.59 Å². The lowest BCUT2D eigenvalue weighted by atomic mass is 10.1. The van der Waals surface area contributed by atoms with Gasteiger partial charge in [0.15, 0.2) is 0 Å². The van der Waals surface area contributed by atoms with Gasteiger partial charge < -0.3 is 15.7 Å². The fourth-order valence-electron chi connectivity index (χ4n) is 1.98. The summed E-state index contributed by atoms with van der Waals surface area (Å²) in [5.74, 6) is -1.09. The summed E-state index contributed by atoms with van der Waals surface area (Å²) in [6, 6.07) is 10.1. The summed E-state index contributed by atoms with van der Waals surface area (Å²) in [6.45, 7) is -0.256. The summed E-state index contributed by atoms with van der Waals surface area (Å²) in [7, 11) is 0. The molecule has 0 aliphatic carbocycles. The van der Waals surface area contributed by atoms with Gasteiger partial charge in [-0.05, 0) is 35.9 Å². The van der Waals surface area contributed by atoms with E-state index < -0.39 is 23.6 Å². The molecule has 2 rings (SSSR count). The highest BCUT2D eigenvalue weighted by Crippen LogP contribution is 2.29. The van der Waals surface area contributed by atoms with Gasteiger partial charge >= 0.3 is 6.18 Å². The lowest BCUT2D eigenvalue weighted by Crippen LogP contribution is -2.36. The number of alkyl halides is 3. The van der Waals surface area contributed by atoms with Gasteiger partial charge in [-0.1, -0.05) is 18.2 Å². The molecule has 0 unspecified atom stereocenters. The zero-order valence-electron chi connectivity index (χ0n) is 12.9. The molecule has 0 aromatic heterocycles. The molecular formula is C17H15F3N2O3. The Hall–Kier alpha value is -3.03. The van der Waals surface area contributed by atoms with Crippen molar-refractivity contribution >= 4 is 11.8 Å². The van der Waals surface area contributed by atoms with E-state index in [4.69, 9.17) is 0 Å². The first kappa shape index (κ1) is 18.3. The number of benzene rings is 2. The van der Waals surface area contributed by atoms with Gasteiger partial charge in [0.1, 0.15) is 5.75 Å². The number of aromatic hydroxyl groups is 1. The third kappa shape index (κ3) is 5.52. The van der Waals surface area contributed by atoms with E-state index in [2.05, 4.69) is 10.6 Å². The molecule has 2 amide bonds. The topological polar surface area (TPSA) is 78.4 Å². The van der Waals surface area contributed by atoms with Gasteiger partial charge in [-0.2, -0.15) is 13.2 Å². The molecular weight excluding hydrogens is 337 g/mol. The van der Waals surface area contributed by atoms with Crippen LogP contribution in [0.5, 0.6) is 5.75 Å². The average molecular weight is 352 g/mol. The van der Waals surface area contributed by atoms with Crippen molar-refractivity contribution in [2.24, 2.45) is 0 Å². The molecule has 0 radical (unpaired) electrons. The maximum Gasteiger partial charge on any atom is 0.416 e. The second-order valence-electron chi connectivity index (χ2n) is 5.20. The van der Waals surface area contributed by atoms with Crippen LogP contribution in [0.2, 0.25) is 0 Å². The molecule has 25 heavy (non-hydrogen) atoms. The van der Waals surface area contributed by atoms with Gasteiger partial charge in [0, 0.05) is 12.1 Å². The Morgan fingerprint density at radius 2 is 1.68 bits per heavy atom. The number of carbonyl (C=O) groups excluding carboxylic acids is 2. The number of hydrogen-bond acceptors (Lipinski definition) is 3. The van der Waals surface area contributed by atoms with Crippen LogP contribution in [0.3, 0.4) is 0 Å². The SMILES string of the molecule is O=C(CNC(=O)c1cccc(O)c1)NCc1ccc(C(F)(F)F)cc1. The van der Waals surface area contributed by atoms with Crippen LogP contribution in [0, 0.1) is 0 Å². The van der Waals surface area contributed by atoms with E-state index in [0.717, 1.165) is 12.1 Å². The van der Waals surface area contributed by atoms with Crippen LogP contribution in [-0.4, -0.2) is 23.5 Å². The van der Waals surface area contributed by atoms with Crippen LogP contribution in [-0.2, 0) is 17.5 Å². The predicted octanol–water partition coefficient (Wildman–Crippen LogP) is 2.46. The highest BCUT2D eigenvalue weighted by atomic mass is 19.4. The first-order valence-corrected chi connectivity index (χ1v) is 7.26. The number of amides is 2. The summed E-state index contributed by atoms with van der Waals surface area (Å²) < 4.78 is 37.3. The van der Waals surface area contributed by atoms with Crippen LogP contribution in [0.1, 0.15) is 21.5 Å². The van der Waals surface area contributed by atoms with Crippen LogP contribution in [0.4, 0.5) is 13.2 Å². The third-order valence-corrected chi connectivity index (χ3v) is 3.29. The van der Waals surface area contributed by atoms with Crippen molar-refractivity contribution in [3.05, 3.63) is 65.2 Å². The first-order valence-electron chi connectivity index (χ1n) is 7.26. The molecule has 0 saturated heterocycles. The number of hydrogen-bond donors (Lipinski definition) is 3. The maximum absolute atomic E-state index is 12.4. The second-order valence-corrected chi connectivity index (χ2v) is 5.20. The van der Waals surface area contributed by atoms with Crippen LogP contribution >= 0.6 is 0 Å². The normalized spacial score (nSPS) is 11.0. The number of phenols is 1. The molecule has 2 aromatic rings. The molecule has 0 aliphatic rings. The molecule has 0 saturated carbocycles. The quantitative estimate of drug-likeness (QED) is 0.773. The Morgan fingerprint density at radius 3 is 2.28 bits per heavy atom. The number of phenolic OH excluding ortho intramolecular Hbond substituents is 1. The summed E-state index contributed by atoms with van der Waals surface area (Å²) in [6.07, 6.45) is -4.40. The fourth-order valence-corrected chi connectivity index (χ4v) is 1.98. The van der Waals surface area contributed by atoms with E-state index in [1.807, 2.05) is 0 Å². The molecule has 0 spiro atoms. The Labute approximate surface area is 141 Å². The second kappa shape index (κ2) is 7.69. The molecule has 2 aromatic carbocycles. The largest absolute Gasteiger partial charge is 0.508 e. The van der Waals surface area contributed by atoms with Crippen molar-refractivity contribution in [3.8, 4) is 5.75 Å². The Bertz CT molecular complexity index is 758. The number of halogens is 3. The van der Waals surface area contributed by atoms with E-state index >= 15 is 0 Å². The van der Waals surface area contributed by atoms with E-state index in [1.54, 1.807) is 0 Å².